The van der Waals surface area contributed by atoms with Crippen LogP contribution in [0.3, 0.4) is 0 Å². The van der Waals surface area contributed by atoms with Gasteiger partial charge in [-0.3, -0.25) is 0 Å². The Morgan fingerprint density at radius 2 is 0.677 bits per heavy atom. The quantitative estimate of drug-likeness (QED) is 0.0653. The Kier molecular flexibility index (Phi) is 29.1. The number of fused-ring (bicyclic) bond motifs is 20. The lowest BCUT2D eigenvalue weighted by Crippen LogP contribution is -2.55. The van der Waals surface area contributed by atoms with E-state index in [4.69, 9.17) is 9.47 Å². The Labute approximate surface area is 795 Å². The second kappa shape index (κ2) is 37.5. The molecule has 18 aliphatic carbocycles. The summed E-state index contributed by atoms with van der Waals surface area (Å²) in [5.41, 5.74) is 0.812. The van der Waals surface area contributed by atoms with Gasteiger partial charge in [-0.1, -0.05) is 114 Å². The summed E-state index contributed by atoms with van der Waals surface area (Å²) < 4.78 is 25.3. The summed E-state index contributed by atoms with van der Waals surface area (Å²) >= 11 is 0. The minimum absolute atomic E-state index is 0.129. The van der Waals surface area contributed by atoms with Gasteiger partial charge in [0.1, 0.15) is 5.67 Å². The van der Waals surface area contributed by atoms with E-state index in [0.717, 1.165) is 267 Å². The number of aliphatic hydroxyl groups is 8. The third-order valence-electron chi connectivity index (χ3n) is 49.3. The fourth-order valence-electron chi connectivity index (χ4n) is 40.8. The lowest BCUT2D eigenvalue weighted by atomic mass is 9.43. The molecule has 0 aromatic heterocycles. The molecule has 0 aromatic carbocycles. The zero-order valence-corrected chi connectivity index (χ0v) is 87.0. The van der Waals surface area contributed by atoms with Crippen LogP contribution in [-0.4, -0.2) is 118 Å². The number of aliphatic hydroxyl groups excluding tert-OH is 1. The highest BCUT2D eigenvalue weighted by Crippen LogP contribution is 2.75. The summed E-state index contributed by atoms with van der Waals surface area (Å²) in [7, 11) is 0. The smallest absolute Gasteiger partial charge is 0.108 e. The van der Waals surface area contributed by atoms with Gasteiger partial charge in [0.2, 0.25) is 0 Å². The lowest BCUT2D eigenvalue weighted by molar-refractivity contribution is -0.148. The maximum atomic E-state index is 14.3. The van der Waals surface area contributed by atoms with Crippen LogP contribution >= 0.6 is 0 Å². The van der Waals surface area contributed by atoms with Crippen LogP contribution in [-0.2, 0) is 9.47 Å². The Bertz CT molecular complexity index is 3790. The lowest BCUT2D eigenvalue weighted by Gasteiger charge is -2.62. The fraction of sp³-hybridized carbons (Fsp3) is 0.983. The van der Waals surface area contributed by atoms with Crippen molar-refractivity contribution in [2.24, 2.45) is 185 Å². The molecule has 10 nitrogen and oxygen atoms in total. The van der Waals surface area contributed by atoms with Crippen molar-refractivity contribution in [2.75, 3.05) is 26.4 Å². The highest BCUT2D eigenvalue weighted by atomic mass is 19.1. The first-order valence-corrected chi connectivity index (χ1v) is 57.3. The Morgan fingerprint density at radius 3 is 1.08 bits per heavy atom. The summed E-state index contributed by atoms with van der Waals surface area (Å²) in [6.45, 7) is 43.8. The summed E-state index contributed by atoms with van der Waals surface area (Å²) in [6, 6.07) is 0. The molecule has 20 rings (SSSR count). The van der Waals surface area contributed by atoms with Crippen molar-refractivity contribution in [1.82, 2.24) is 0 Å². The standard InChI is InChI=1S/C31H53FO2.C30H52O3.C30H52O2.C28H46O3/c1-21(10-13-31(34)18-14-27(2,32)15-19-31)24-8-9-25-23-7-6-22-20-28(3,33)16-17-29(22,4)26(23)11-12-30(24,25)5;1-20(5-10-27(31)21-12-17-33-18-13-21)24-8-9-25-23-7-6-22-19-28(2,32)15-16-29(22,3)26(23)11-14-30(24,25)4;1-21(12-17-30(32)14-6-5-7-15-30)24-10-11-25-23-9-8-22-20-27(2,31)18-19-28(22,3)26(23)13-16-29(24,25)4;1-19(9-12-28(30)15-16-31-18-28)22-7-8-23-21-6-5-20-17-25(2,29)13-14-26(20,3)24(21)10-11-27(22,23)4/h21-26,33-34H,6-20H2,1-5H3;20-27,31-32H,5-19H2,1-4H3;21-26,31-32H,5-20H2,1-4H3;5,19,21-24,29-30H,6-18H2,1-4H3/t21-,22+,23+,24-,25+,26+,27?,28+,29+,30-,31?;20-,22+,23+,24-,25+,26+,27?,28+,29+,30-;21-,22+,23+,24-,25+,26+,27+,28+,29-;19-,21+,22-,23+,24+,25+,26+,27-,28?/m1111/s1. The third-order valence-corrected chi connectivity index (χ3v) is 49.3. The second-order valence-corrected chi connectivity index (χ2v) is 57.0. The molecule has 130 heavy (non-hydrogen) atoms. The first kappa shape index (κ1) is 101. The molecule has 17 saturated carbocycles. The first-order valence-electron chi connectivity index (χ1n) is 57.3. The molecule has 0 radical (unpaired) electrons. The number of rotatable bonds is 17. The largest absolute Gasteiger partial charge is 0.393 e. The molecular formula is C119H203FO10. The van der Waals surface area contributed by atoms with E-state index >= 15 is 0 Å². The van der Waals surface area contributed by atoms with Gasteiger partial charge in [-0.25, -0.2) is 4.39 Å². The number of allylic oxidation sites excluding steroid dienone is 1. The van der Waals surface area contributed by atoms with Crippen molar-refractivity contribution in [3.8, 4) is 0 Å². The van der Waals surface area contributed by atoms with Crippen LogP contribution in [0.4, 0.5) is 4.39 Å². The molecule has 2 heterocycles. The zero-order chi connectivity index (χ0) is 92.9. The van der Waals surface area contributed by atoms with E-state index in [1.165, 1.54) is 199 Å². The Balaban J connectivity index is 0.000000122. The number of alkyl halides is 1. The predicted octanol–water partition coefficient (Wildman–Crippen LogP) is 27.8. The molecule has 0 amide bonds. The summed E-state index contributed by atoms with van der Waals surface area (Å²) in [5, 5.41) is 86.8. The van der Waals surface area contributed by atoms with Crippen LogP contribution in [0.15, 0.2) is 11.6 Å². The van der Waals surface area contributed by atoms with Crippen molar-refractivity contribution >= 4 is 0 Å². The number of hydrogen-bond donors (Lipinski definition) is 8. The van der Waals surface area contributed by atoms with Gasteiger partial charge in [0, 0.05) is 26.2 Å². The van der Waals surface area contributed by atoms with Gasteiger partial charge in [-0.05, 0) is 547 Å². The van der Waals surface area contributed by atoms with Crippen molar-refractivity contribution < 1.29 is 54.7 Å². The van der Waals surface area contributed by atoms with Crippen LogP contribution in [0, 0.1) is 185 Å². The molecule has 2 unspecified atom stereocenters. The van der Waals surface area contributed by atoms with Gasteiger partial charge >= 0.3 is 0 Å². The monoisotopic (exact) mass is 1810 g/mol. The van der Waals surface area contributed by atoms with Crippen molar-refractivity contribution in [1.29, 1.82) is 0 Å². The van der Waals surface area contributed by atoms with Crippen LogP contribution in [0.5, 0.6) is 0 Å². The van der Waals surface area contributed by atoms with E-state index < -0.39 is 39.3 Å². The van der Waals surface area contributed by atoms with Crippen molar-refractivity contribution in [3.63, 3.8) is 0 Å². The minimum atomic E-state index is -1.08. The molecule has 37 atom stereocenters. The van der Waals surface area contributed by atoms with Crippen LogP contribution in [0.2, 0.25) is 0 Å². The molecule has 8 N–H and O–H groups in total. The first-order chi connectivity index (χ1) is 61.0. The molecule has 746 valence electrons. The Morgan fingerprint density at radius 1 is 0.315 bits per heavy atom. The molecular weight excluding hydrogens is 1610 g/mol. The number of halogens is 1. The summed E-state index contributed by atoms with van der Waals surface area (Å²) in [4.78, 5) is 0. The predicted molar refractivity (Wildman–Crippen MR) is 528 cm³/mol. The topological polar surface area (TPSA) is 180 Å². The second-order valence-electron chi connectivity index (χ2n) is 57.0. The van der Waals surface area contributed by atoms with E-state index in [-0.39, 0.29) is 11.7 Å². The Hall–Kier alpha value is -0.730. The molecule has 19 fully saturated rings. The highest BCUT2D eigenvalue weighted by Gasteiger charge is 2.67. The summed E-state index contributed by atoms with van der Waals surface area (Å²) in [5.74, 6) is 19.3. The van der Waals surface area contributed by atoms with Gasteiger partial charge in [0.15, 0.2) is 0 Å². The number of ether oxygens (including phenoxy) is 2. The maximum Gasteiger partial charge on any atom is 0.108 e. The molecule has 2 aliphatic heterocycles. The molecule has 20 aliphatic rings. The van der Waals surface area contributed by atoms with Gasteiger partial charge in [-0.15, -0.1) is 0 Å². The van der Waals surface area contributed by atoms with E-state index in [2.05, 4.69) is 110 Å². The number of hydrogen-bond acceptors (Lipinski definition) is 10. The van der Waals surface area contributed by atoms with Crippen LogP contribution < -0.4 is 0 Å². The van der Waals surface area contributed by atoms with Crippen molar-refractivity contribution in [2.45, 2.75) is 522 Å². The normalized spacial score (nSPS) is 52.7. The maximum absolute atomic E-state index is 14.3. The van der Waals surface area contributed by atoms with Crippen molar-refractivity contribution in [3.05, 3.63) is 11.6 Å². The van der Waals surface area contributed by atoms with E-state index in [1.807, 2.05) is 6.92 Å². The zero-order valence-electron chi connectivity index (χ0n) is 87.0. The average Bonchev–Trinajstić information content (AvgIpc) is 1.35. The van der Waals surface area contributed by atoms with E-state index in [1.54, 1.807) is 12.5 Å². The molecule has 2 saturated heterocycles. The van der Waals surface area contributed by atoms with Gasteiger partial charge < -0.3 is 50.3 Å². The van der Waals surface area contributed by atoms with Gasteiger partial charge in [0.25, 0.3) is 0 Å². The minimum Gasteiger partial charge on any atom is -0.393 e. The molecule has 0 aromatic rings. The third kappa shape index (κ3) is 19.4. The molecule has 11 heteroatoms. The van der Waals surface area contributed by atoms with E-state index in [0.29, 0.717) is 99.3 Å². The average molecular weight is 1810 g/mol. The van der Waals surface area contributed by atoms with Gasteiger partial charge in [0.05, 0.1) is 51.9 Å². The van der Waals surface area contributed by atoms with Gasteiger partial charge in [-0.2, -0.15) is 0 Å². The molecule has 0 spiro atoms. The molecule has 0 bridgehead atoms. The van der Waals surface area contributed by atoms with Crippen LogP contribution in [0.1, 0.15) is 471 Å². The van der Waals surface area contributed by atoms with E-state index in [9.17, 15) is 45.2 Å². The SMILES string of the molecule is C[C@H](CCC(O)C1CCOCC1)[C@H]1CC[C@H]2[C@@H]3CC[C@H]4C[C@@](C)(O)CC[C@]4(C)[C@H]3CC[C@]12C.C[C@H](CCC1(O)CCC(C)(F)CC1)[C@H]1CC[C@H]2[C@@H]3CC[C@H]4C[C@@](C)(O)CC[C@]4(C)[C@H]3CC[C@]12C.C[C@H](CCC1(O)CCCCC1)[C@H]1CC[C@H]2[C@@H]3CC[C@H]4C[C@@](C)(O)CC[C@]4(C)[C@H]3CC[C@]12C.C[C@H](CCC1(O)CCOC1)[C@H]1CC[C@H]2[C@@H]3CC=C4C[C@@](C)(O)CC[C@]4(C)[C@H]3CC[C@]12C. The highest BCUT2D eigenvalue weighted by molar-refractivity contribution is 5.27. The fourth-order valence-corrected chi connectivity index (χ4v) is 40.8. The summed E-state index contributed by atoms with van der Waals surface area (Å²) in [6.07, 6.45) is 66.6. The van der Waals surface area contributed by atoms with Crippen LogP contribution in [0.25, 0.3) is 0 Å².